The molecule has 2 aliphatic heterocycles. The number of allylic oxidation sites excluding steroid dienone is 5. The van der Waals surface area contributed by atoms with Crippen LogP contribution in [0.15, 0.2) is 125 Å². The number of Topliss-reactive ketones (excluding diaryl/α,β-unsaturated/α-hetero) is 1. The highest BCUT2D eigenvalue weighted by molar-refractivity contribution is 5.98. The minimum Gasteiger partial charge on any atom is -0.508 e. The molecule has 2 fully saturated rings. The third-order valence-electron chi connectivity index (χ3n) is 16.1. The van der Waals surface area contributed by atoms with Crippen LogP contribution in [0, 0.1) is 23.2 Å². The van der Waals surface area contributed by atoms with Crippen LogP contribution in [0.2, 0.25) is 0 Å². The molecule has 376 valence electrons. The van der Waals surface area contributed by atoms with E-state index in [1.165, 1.54) is 0 Å². The van der Waals surface area contributed by atoms with Gasteiger partial charge in [0.2, 0.25) is 5.91 Å². The average molecular weight is 958 g/mol. The second-order valence-electron chi connectivity index (χ2n) is 21.0. The number of amides is 1. The third-order valence-corrected chi connectivity index (χ3v) is 16.1. The van der Waals surface area contributed by atoms with Crippen molar-refractivity contribution in [3.63, 3.8) is 0 Å². The van der Waals surface area contributed by atoms with Crippen LogP contribution >= 0.6 is 0 Å². The average Bonchev–Trinajstić information content (AvgIpc) is 3.66. The maximum absolute atomic E-state index is 14.9. The van der Waals surface area contributed by atoms with Gasteiger partial charge in [0.25, 0.3) is 0 Å². The summed E-state index contributed by atoms with van der Waals surface area (Å²) in [6, 6.07) is 19.4. The molecule has 1 amide bonds. The first-order valence-electron chi connectivity index (χ1n) is 25.1. The Balaban J connectivity index is 1.28. The molecule has 0 radical (unpaired) electrons. The van der Waals surface area contributed by atoms with E-state index in [-0.39, 0.29) is 49.4 Å². The van der Waals surface area contributed by atoms with Gasteiger partial charge in [-0.05, 0) is 166 Å². The van der Waals surface area contributed by atoms with Gasteiger partial charge in [0.15, 0.2) is 5.78 Å². The number of aliphatic hydroxyl groups excluding tert-OH is 5. The Bertz CT molecular complexity index is 2500. The summed E-state index contributed by atoms with van der Waals surface area (Å²) in [5.41, 5.74) is 12.2. The van der Waals surface area contributed by atoms with E-state index in [0.717, 1.165) is 27.8 Å². The number of carbonyl (C=O) groups excluding carboxylic acids is 2. The van der Waals surface area contributed by atoms with E-state index >= 15 is 0 Å². The number of carbonyl (C=O) groups is 2. The fourth-order valence-electron chi connectivity index (χ4n) is 12.1. The van der Waals surface area contributed by atoms with Crippen molar-refractivity contribution in [3.8, 4) is 5.75 Å². The third kappa shape index (κ3) is 11.5. The van der Waals surface area contributed by atoms with E-state index in [2.05, 4.69) is 17.2 Å². The summed E-state index contributed by atoms with van der Waals surface area (Å²) in [7, 11) is 0. The highest BCUT2D eigenvalue weighted by atomic mass is 16.3. The molecule has 2 aliphatic carbocycles. The highest BCUT2D eigenvalue weighted by Crippen LogP contribution is 2.63. The zero-order valence-electron chi connectivity index (χ0n) is 41.3. The summed E-state index contributed by atoms with van der Waals surface area (Å²) >= 11 is 0. The molecule has 0 saturated heterocycles. The number of benzene rings is 3. The fourth-order valence-corrected chi connectivity index (χ4v) is 12.1. The number of ketones is 1. The van der Waals surface area contributed by atoms with Gasteiger partial charge in [0, 0.05) is 24.3 Å². The second-order valence-corrected chi connectivity index (χ2v) is 21.0. The van der Waals surface area contributed by atoms with Crippen molar-refractivity contribution in [2.45, 2.75) is 141 Å². The van der Waals surface area contributed by atoms with E-state index in [1.54, 1.807) is 37.3 Å². The predicted molar refractivity (Wildman–Crippen MR) is 272 cm³/mol. The van der Waals surface area contributed by atoms with Crippen LogP contribution in [0.3, 0.4) is 0 Å². The Labute approximate surface area is 413 Å². The Hall–Kier alpha value is -5.02. The first-order chi connectivity index (χ1) is 33.3. The van der Waals surface area contributed by atoms with E-state index < -0.39 is 59.5 Å². The van der Waals surface area contributed by atoms with Gasteiger partial charge in [-0.15, -0.1) is 0 Å². The van der Waals surface area contributed by atoms with E-state index in [4.69, 9.17) is 5.73 Å². The molecule has 12 nitrogen and oxygen atoms in total. The van der Waals surface area contributed by atoms with Gasteiger partial charge in [0.1, 0.15) is 18.0 Å². The number of hydrogen-bond acceptors (Lipinski definition) is 11. The minimum absolute atomic E-state index is 0.0464. The number of nitrogens with two attached hydrogens (primary N) is 1. The van der Waals surface area contributed by atoms with E-state index in [1.807, 2.05) is 81.4 Å². The number of rotatable bonds is 9. The molecule has 3 aromatic rings. The summed E-state index contributed by atoms with van der Waals surface area (Å²) in [6.45, 7) is 11.2. The Kier molecular flexibility index (Phi) is 17.0. The first kappa shape index (κ1) is 52.8. The molecule has 12 heteroatoms. The summed E-state index contributed by atoms with van der Waals surface area (Å²) in [5.74, 6) is -1.78. The maximum Gasteiger partial charge on any atom is 0.243 e. The smallest absolute Gasteiger partial charge is 0.243 e. The maximum atomic E-state index is 14.9. The van der Waals surface area contributed by atoms with E-state index in [0.29, 0.717) is 91.2 Å². The first-order valence-corrected chi connectivity index (χ1v) is 25.1. The lowest BCUT2D eigenvalue weighted by Gasteiger charge is -2.56. The largest absolute Gasteiger partial charge is 0.508 e. The molecule has 3 aromatic carbocycles. The topological polar surface area (TPSA) is 226 Å². The fraction of sp³-hybridized carbons (Fsp3) is 0.483. The molecule has 1 spiro atoms. The monoisotopic (exact) mass is 958 g/mol. The number of phenols is 1. The van der Waals surface area contributed by atoms with Crippen LogP contribution in [-0.2, 0) is 35.3 Å². The zero-order valence-corrected chi connectivity index (χ0v) is 41.3. The summed E-state index contributed by atoms with van der Waals surface area (Å²) < 4.78 is 0. The van der Waals surface area contributed by atoms with Gasteiger partial charge in [-0.25, -0.2) is 0 Å². The molecule has 7 rings (SSSR count). The molecule has 11 atom stereocenters. The minimum atomic E-state index is -1.38. The SMILES string of the molecule is C=C(C=CC=C(CO)C1CCC2(C3CCC(O)Cc4cccc(c4)CC(Cc4ccc(O)cc4)C(O)CNC4C(=O)NC(N)c5cccc(c54)CC(=O)C(C)=C3CCC2(C)O)C1O)C(O)CC=C(C)C. The highest BCUT2D eigenvalue weighted by Gasteiger charge is 2.64. The molecule has 0 aromatic heterocycles. The van der Waals surface area contributed by atoms with Gasteiger partial charge >= 0.3 is 0 Å². The van der Waals surface area contributed by atoms with Crippen LogP contribution in [0.1, 0.15) is 118 Å². The van der Waals surface area contributed by atoms with Crippen molar-refractivity contribution < 1.29 is 45.3 Å². The van der Waals surface area contributed by atoms with Gasteiger partial charge in [0.05, 0.1) is 36.6 Å². The lowest BCUT2D eigenvalue weighted by Crippen LogP contribution is -2.59. The van der Waals surface area contributed by atoms with Crippen molar-refractivity contribution in [2.75, 3.05) is 13.2 Å². The Morgan fingerprint density at radius 2 is 1.69 bits per heavy atom. The zero-order chi connectivity index (χ0) is 50.5. The van der Waals surface area contributed by atoms with Crippen molar-refractivity contribution in [1.82, 2.24) is 10.6 Å². The molecule has 70 heavy (non-hydrogen) atoms. The molecule has 2 heterocycles. The summed E-state index contributed by atoms with van der Waals surface area (Å²) in [6.07, 6.45) is 6.55. The number of aliphatic hydroxyl groups is 6. The Morgan fingerprint density at radius 1 is 0.971 bits per heavy atom. The molecule has 2 saturated carbocycles. The number of nitrogens with one attached hydrogen (secondary N) is 2. The number of phenolic OH excluding ortho intramolecular Hbond substituents is 1. The van der Waals surface area contributed by atoms with Crippen LogP contribution in [0.4, 0.5) is 0 Å². The van der Waals surface area contributed by atoms with Gasteiger partial charge < -0.3 is 46.8 Å². The van der Waals surface area contributed by atoms with Crippen molar-refractivity contribution >= 4 is 11.7 Å². The Morgan fingerprint density at radius 3 is 2.40 bits per heavy atom. The standard InChI is InChI=1S/C58H75N3O9/c1-34(2)15-22-49(65)35(3)9-6-13-41(33-62)46-24-26-58(54(46)68)48-21-20-44(64)30-39-11-7-10-38(27-39)29-42(28-37-16-18-43(63)19-17-37)51(67)32-60-53-52-40(12-8-14-47(52)55(59)61-56(53)69)31-50(66)36(4)45(48)23-25-57(58,5)70/h6-19,27,42,44,46,48-49,51,53-55,60,62-65,67-68,70H,3,20-26,28-33,59H2,1-2,4-5H3,(H,61,69). The molecular formula is C58H75N3O9. The number of β-amino-alcohol motifs (C(OH)–C–C–N with tert-alkyl or cyclic N) is 1. The van der Waals surface area contributed by atoms with Crippen LogP contribution < -0.4 is 16.4 Å². The summed E-state index contributed by atoms with van der Waals surface area (Å²) in [5, 5.41) is 86.9. The lowest BCUT2D eigenvalue weighted by atomic mass is 9.52. The summed E-state index contributed by atoms with van der Waals surface area (Å²) in [4.78, 5) is 28.8. The van der Waals surface area contributed by atoms with E-state index in [9.17, 15) is 45.3 Å². The van der Waals surface area contributed by atoms with Crippen molar-refractivity contribution in [1.29, 1.82) is 0 Å². The van der Waals surface area contributed by atoms with Crippen molar-refractivity contribution in [3.05, 3.63) is 159 Å². The van der Waals surface area contributed by atoms with Crippen LogP contribution in [0.25, 0.3) is 0 Å². The number of aromatic hydroxyl groups is 1. The van der Waals surface area contributed by atoms with Crippen LogP contribution in [-0.4, -0.2) is 90.6 Å². The normalized spacial score (nSPS) is 30.6. The predicted octanol–water partition coefficient (Wildman–Crippen LogP) is 6.36. The van der Waals surface area contributed by atoms with Gasteiger partial charge in [-0.2, -0.15) is 0 Å². The van der Waals surface area contributed by atoms with Gasteiger partial charge in [-0.1, -0.05) is 96.6 Å². The quantitative estimate of drug-likeness (QED) is 0.0839. The lowest BCUT2D eigenvalue weighted by molar-refractivity contribution is -0.168. The van der Waals surface area contributed by atoms with Crippen molar-refractivity contribution in [2.24, 2.45) is 28.9 Å². The second kappa shape index (κ2) is 22.6. The number of fused-ring (bicyclic) bond motifs is 4. The van der Waals surface area contributed by atoms with Gasteiger partial charge in [-0.3, -0.25) is 14.9 Å². The molecule has 11 N–H and O–H groups in total. The molecular weight excluding hydrogens is 883 g/mol. The molecule has 4 aliphatic rings. The van der Waals surface area contributed by atoms with Crippen LogP contribution in [0.5, 0.6) is 5.75 Å². The molecule has 11 unspecified atom stereocenters. The number of hydrogen-bond donors (Lipinski definition) is 10. The molecule has 2 bridgehead atoms.